The minimum Gasteiger partial charge on any atom is -0.388 e. The fraction of sp³-hybridized carbons (Fsp3) is 0.308. The van der Waals surface area contributed by atoms with Crippen LogP contribution in [0.1, 0.15) is 16.7 Å². The molecule has 0 radical (unpaired) electrons. The van der Waals surface area contributed by atoms with Crippen molar-refractivity contribution in [3.63, 3.8) is 0 Å². The summed E-state index contributed by atoms with van der Waals surface area (Å²) in [4.78, 5) is 0. The number of aromatic nitrogens is 2. The molecular weight excluding hydrogens is 198 g/mol. The van der Waals surface area contributed by atoms with Gasteiger partial charge in [-0.15, -0.1) is 0 Å². The molecule has 3 nitrogen and oxygen atoms in total. The van der Waals surface area contributed by atoms with Crippen LogP contribution >= 0.6 is 0 Å². The molecule has 0 aliphatic carbocycles. The van der Waals surface area contributed by atoms with Gasteiger partial charge in [0.05, 0.1) is 6.54 Å². The van der Waals surface area contributed by atoms with Crippen molar-refractivity contribution < 1.29 is 0 Å². The lowest BCUT2D eigenvalue weighted by molar-refractivity contribution is 0.686. The van der Waals surface area contributed by atoms with Crippen molar-refractivity contribution >= 4 is 5.69 Å². The van der Waals surface area contributed by atoms with Crippen LogP contribution in [0.4, 0.5) is 5.69 Å². The monoisotopic (exact) mass is 215 g/mol. The molecule has 0 spiro atoms. The quantitative estimate of drug-likeness (QED) is 0.853. The molecular formula is C13H17N3. The first kappa shape index (κ1) is 10.7. The highest BCUT2D eigenvalue weighted by Crippen LogP contribution is 2.21. The number of nitrogens with one attached hydrogen (secondary N) is 1. The molecule has 2 rings (SSSR count). The summed E-state index contributed by atoms with van der Waals surface area (Å²) in [5.74, 6) is 0. The van der Waals surface area contributed by atoms with E-state index in [1.165, 1.54) is 22.4 Å². The second-order valence-corrected chi connectivity index (χ2v) is 4.04. The summed E-state index contributed by atoms with van der Waals surface area (Å²) in [6, 6.07) is 6.35. The van der Waals surface area contributed by atoms with Crippen molar-refractivity contribution in [2.24, 2.45) is 0 Å². The van der Waals surface area contributed by atoms with Gasteiger partial charge in [-0.05, 0) is 42.7 Å². The molecule has 1 heterocycles. The van der Waals surface area contributed by atoms with E-state index in [1.54, 1.807) is 6.20 Å². The Morgan fingerprint density at radius 3 is 2.75 bits per heavy atom. The van der Waals surface area contributed by atoms with Crippen molar-refractivity contribution in [2.75, 3.05) is 12.4 Å². The molecule has 0 aliphatic heterocycles. The van der Waals surface area contributed by atoms with Gasteiger partial charge in [0.2, 0.25) is 0 Å². The highest BCUT2D eigenvalue weighted by atomic mass is 15.3. The zero-order valence-electron chi connectivity index (χ0n) is 9.99. The van der Waals surface area contributed by atoms with E-state index in [1.807, 2.05) is 24.0 Å². The van der Waals surface area contributed by atoms with Gasteiger partial charge in [0.25, 0.3) is 0 Å². The van der Waals surface area contributed by atoms with E-state index < -0.39 is 0 Å². The van der Waals surface area contributed by atoms with Crippen LogP contribution in [0.5, 0.6) is 0 Å². The van der Waals surface area contributed by atoms with E-state index in [2.05, 4.69) is 36.4 Å². The largest absolute Gasteiger partial charge is 0.388 e. The van der Waals surface area contributed by atoms with Gasteiger partial charge in [0.15, 0.2) is 0 Å². The first-order valence-corrected chi connectivity index (χ1v) is 5.46. The van der Waals surface area contributed by atoms with Crippen molar-refractivity contribution in [1.29, 1.82) is 0 Å². The number of hydrogen-bond donors (Lipinski definition) is 1. The maximum absolute atomic E-state index is 4.22. The Hall–Kier alpha value is -1.77. The summed E-state index contributed by atoms with van der Waals surface area (Å²) in [7, 11) is 1.96. The normalized spacial score (nSPS) is 10.4. The fourth-order valence-corrected chi connectivity index (χ4v) is 1.87. The molecule has 2 aromatic rings. The Labute approximate surface area is 96.1 Å². The molecule has 0 saturated heterocycles. The minimum absolute atomic E-state index is 0.822. The van der Waals surface area contributed by atoms with E-state index in [4.69, 9.17) is 0 Å². The number of rotatable bonds is 3. The van der Waals surface area contributed by atoms with Gasteiger partial charge < -0.3 is 5.32 Å². The maximum atomic E-state index is 4.22. The molecule has 1 N–H and O–H groups in total. The van der Waals surface area contributed by atoms with Gasteiger partial charge in [-0.3, -0.25) is 4.68 Å². The molecule has 0 unspecified atom stereocenters. The van der Waals surface area contributed by atoms with Gasteiger partial charge in [-0.1, -0.05) is 6.07 Å². The van der Waals surface area contributed by atoms with E-state index in [-0.39, 0.29) is 0 Å². The zero-order chi connectivity index (χ0) is 11.5. The fourth-order valence-electron chi connectivity index (χ4n) is 1.87. The highest BCUT2D eigenvalue weighted by molar-refractivity contribution is 5.55. The van der Waals surface area contributed by atoms with Crippen LogP contribution in [-0.4, -0.2) is 16.8 Å². The third-order valence-corrected chi connectivity index (χ3v) is 2.90. The van der Waals surface area contributed by atoms with Crippen molar-refractivity contribution in [2.45, 2.75) is 20.4 Å². The number of nitrogens with zero attached hydrogens (tertiary/aromatic N) is 2. The second-order valence-electron chi connectivity index (χ2n) is 4.04. The molecule has 16 heavy (non-hydrogen) atoms. The van der Waals surface area contributed by atoms with Crippen molar-refractivity contribution in [1.82, 2.24) is 9.78 Å². The minimum atomic E-state index is 0.822. The Kier molecular flexibility index (Phi) is 2.95. The average molecular weight is 215 g/mol. The van der Waals surface area contributed by atoms with Crippen molar-refractivity contribution in [3.8, 4) is 0 Å². The molecule has 3 heteroatoms. The van der Waals surface area contributed by atoms with Gasteiger partial charge >= 0.3 is 0 Å². The van der Waals surface area contributed by atoms with Gasteiger partial charge in [-0.25, -0.2) is 0 Å². The summed E-state index contributed by atoms with van der Waals surface area (Å²) in [6.45, 7) is 5.10. The third kappa shape index (κ3) is 2.08. The molecule has 1 aromatic heterocycles. The molecule has 0 amide bonds. The predicted octanol–water partition coefficient (Wildman–Crippen LogP) is 2.59. The Balaban J connectivity index is 2.32. The van der Waals surface area contributed by atoms with Crippen molar-refractivity contribution in [3.05, 3.63) is 47.3 Å². The summed E-state index contributed by atoms with van der Waals surface area (Å²) < 4.78 is 1.93. The highest BCUT2D eigenvalue weighted by Gasteiger charge is 2.03. The van der Waals surface area contributed by atoms with E-state index >= 15 is 0 Å². The number of anilines is 1. The van der Waals surface area contributed by atoms with E-state index in [0.717, 1.165) is 6.54 Å². The Morgan fingerprint density at radius 2 is 2.12 bits per heavy atom. The lowest BCUT2D eigenvalue weighted by Crippen LogP contribution is -2.02. The number of aryl methyl sites for hydroxylation is 1. The SMILES string of the molecule is CNc1cc(Cn2cccn2)cc(C)c1C. The van der Waals surface area contributed by atoms with Crippen LogP contribution < -0.4 is 5.32 Å². The Morgan fingerprint density at radius 1 is 1.31 bits per heavy atom. The maximum Gasteiger partial charge on any atom is 0.0660 e. The lowest BCUT2D eigenvalue weighted by Gasteiger charge is -2.11. The van der Waals surface area contributed by atoms with E-state index in [0.29, 0.717) is 0 Å². The van der Waals surface area contributed by atoms with Crippen LogP contribution in [0.25, 0.3) is 0 Å². The summed E-state index contributed by atoms with van der Waals surface area (Å²) >= 11 is 0. The van der Waals surface area contributed by atoms with Crippen LogP contribution in [-0.2, 0) is 6.54 Å². The van der Waals surface area contributed by atoms with Gasteiger partial charge in [0, 0.05) is 25.1 Å². The average Bonchev–Trinajstić information content (AvgIpc) is 2.76. The molecule has 0 saturated carbocycles. The van der Waals surface area contributed by atoms with Crippen LogP contribution in [0.3, 0.4) is 0 Å². The topological polar surface area (TPSA) is 29.9 Å². The number of hydrogen-bond acceptors (Lipinski definition) is 2. The lowest BCUT2D eigenvalue weighted by atomic mass is 10.0. The molecule has 0 bridgehead atoms. The molecule has 0 fully saturated rings. The molecule has 1 aromatic carbocycles. The second kappa shape index (κ2) is 4.39. The smallest absolute Gasteiger partial charge is 0.0660 e. The first-order valence-electron chi connectivity index (χ1n) is 5.46. The van der Waals surface area contributed by atoms with E-state index in [9.17, 15) is 0 Å². The first-order chi connectivity index (χ1) is 7.70. The standard InChI is InChI=1S/C13H17N3/c1-10-7-12(8-13(14-3)11(10)2)9-16-6-4-5-15-16/h4-8,14H,9H2,1-3H3. The molecule has 0 aliphatic rings. The van der Waals surface area contributed by atoms with Crippen LogP contribution in [0.15, 0.2) is 30.6 Å². The van der Waals surface area contributed by atoms with Crippen LogP contribution in [0.2, 0.25) is 0 Å². The summed E-state index contributed by atoms with van der Waals surface area (Å²) in [5, 5.41) is 7.44. The summed E-state index contributed by atoms with van der Waals surface area (Å²) in [6.07, 6.45) is 3.79. The van der Waals surface area contributed by atoms with Gasteiger partial charge in [-0.2, -0.15) is 5.10 Å². The van der Waals surface area contributed by atoms with Crippen LogP contribution in [0, 0.1) is 13.8 Å². The van der Waals surface area contributed by atoms with Gasteiger partial charge in [0.1, 0.15) is 0 Å². The third-order valence-electron chi connectivity index (χ3n) is 2.90. The predicted molar refractivity (Wildman–Crippen MR) is 66.8 cm³/mol. The zero-order valence-corrected chi connectivity index (χ0v) is 9.99. The molecule has 84 valence electrons. The summed E-state index contributed by atoms with van der Waals surface area (Å²) in [5.41, 5.74) is 5.10. The molecule has 0 atom stereocenters. The Bertz CT molecular complexity index is 472. The number of benzene rings is 1.